The van der Waals surface area contributed by atoms with Gasteiger partial charge in [0.15, 0.2) is 5.96 Å². The van der Waals surface area contributed by atoms with Crippen molar-refractivity contribution in [3.8, 4) is 0 Å². The van der Waals surface area contributed by atoms with Crippen molar-refractivity contribution in [1.82, 2.24) is 10.6 Å². The molecule has 4 heteroatoms. The molecule has 0 fully saturated rings. The Morgan fingerprint density at radius 1 is 0.960 bits per heavy atom. The minimum Gasteiger partial charge on any atom is -0.374 e. The Labute approximate surface area is 151 Å². The summed E-state index contributed by atoms with van der Waals surface area (Å²) in [7, 11) is 1.79. The summed E-state index contributed by atoms with van der Waals surface area (Å²) in [6, 6.07) is 16.9. The molecule has 134 valence electrons. The zero-order valence-corrected chi connectivity index (χ0v) is 15.7. The van der Waals surface area contributed by atoms with Gasteiger partial charge in [0.25, 0.3) is 0 Å². The first-order valence-electron chi connectivity index (χ1n) is 8.76. The summed E-state index contributed by atoms with van der Waals surface area (Å²) in [4.78, 5) is 4.29. The lowest BCUT2D eigenvalue weighted by molar-refractivity contribution is 0.0657. The zero-order chi connectivity index (χ0) is 18.1. The fraction of sp³-hybridized carbons (Fsp3) is 0.381. The van der Waals surface area contributed by atoms with Crippen molar-refractivity contribution in [3.05, 3.63) is 70.8 Å². The Bertz CT molecular complexity index is 695. The highest BCUT2D eigenvalue weighted by atomic mass is 16.5. The number of rotatable bonds is 7. The predicted octanol–water partition coefficient (Wildman–Crippen LogP) is 3.79. The molecule has 0 radical (unpaired) electrons. The van der Waals surface area contributed by atoms with E-state index in [0.717, 1.165) is 19.0 Å². The van der Waals surface area contributed by atoms with Crippen LogP contribution in [0.5, 0.6) is 0 Å². The highest BCUT2D eigenvalue weighted by Crippen LogP contribution is 2.08. The predicted molar refractivity (Wildman–Crippen MR) is 105 cm³/mol. The van der Waals surface area contributed by atoms with Gasteiger partial charge in [0.1, 0.15) is 0 Å². The van der Waals surface area contributed by atoms with Crippen molar-refractivity contribution in [2.24, 2.45) is 4.99 Å². The minimum absolute atomic E-state index is 0.242. The van der Waals surface area contributed by atoms with E-state index in [9.17, 15) is 0 Å². The molecule has 25 heavy (non-hydrogen) atoms. The van der Waals surface area contributed by atoms with E-state index in [1.165, 1.54) is 22.3 Å². The lowest BCUT2D eigenvalue weighted by atomic mass is 10.1. The molecular weight excluding hydrogens is 310 g/mol. The quantitative estimate of drug-likeness (QED) is 0.596. The number of nitrogens with one attached hydrogen (secondary N) is 2. The maximum absolute atomic E-state index is 5.67. The van der Waals surface area contributed by atoms with Gasteiger partial charge in [0.05, 0.1) is 12.7 Å². The molecule has 0 heterocycles. The number of hydrogen-bond donors (Lipinski definition) is 2. The van der Waals surface area contributed by atoms with E-state index >= 15 is 0 Å². The Morgan fingerprint density at radius 2 is 1.56 bits per heavy atom. The van der Waals surface area contributed by atoms with E-state index in [1.807, 2.05) is 0 Å². The van der Waals surface area contributed by atoms with E-state index in [2.05, 4.69) is 84.9 Å². The highest BCUT2D eigenvalue weighted by molar-refractivity contribution is 5.79. The second kappa shape index (κ2) is 9.84. The number of benzene rings is 2. The summed E-state index contributed by atoms with van der Waals surface area (Å²) in [6.45, 7) is 8.33. The molecule has 0 aliphatic heterocycles. The van der Waals surface area contributed by atoms with E-state index in [-0.39, 0.29) is 6.10 Å². The highest BCUT2D eigenvalue weighted by Gasteiger charge is 2.02. The summed E-state index contributed by atoms with van der Waals surface area (Å²) >= 11 is 0. The average molecular weight is 339 g/mol. The molecule has 0 aliphatic rings. The summed E-state index contributed by atoms with van der Waals surface area (Å²) < 4.78 is 5.67. The molecule has 0 aliphatic carbocycles. The van der Waals surface area contributed by atoms with Crippen LogP contribution in [-0.2, 0) is 24.4 Å². The third-order valence-electron chi connectivity index (χ3n) is 3.80. The van der Waals surface area contributed by atoms with Crippen LogP contribution in [0, 0.1) is 6.92 Å². The van der Waals surface area contributed by atoms with Gasteiger partial charge in [-0.3, -0.25) is 4.99 Å². The average Bonchev–Trinajstić information content (AvgIpc) is 2.60. The monoisotopic (exact) mass is 339 g/mol. The fourth-order valence-corrected chi connectivity index (χ4v) is 2.51. The van der Waals surface area contributed by atoms with E-state index in [0.29, 0.717) is 6.61 Å². The Balaban J connectivity index is 1.85. The van der Waals surface area contributed by atoms with Crippen LogP contribution in [0.1, 0.15) is 36.1 Å². The Morgan fingerprint density at radius 3 is 2.16 bits per heavy atom. The summed E-state index contributed by atoms with van der Waals surface area (Å²) in [5.41, 5.74) is 4.91. The molecule has 0 saturated carbocycles. The first-order chi connectivity index (χ1) is 12.1. The number of nitrogens with zero attached hydrogens (tertiary/aromatic N) is 1. The van der Waals surface area contributed by atoms with Crippen molar-refractivity contribution in [3.63, 3.8) is 0 Å². The molecule has 0 saturated heterocycles. The largest absolute Gasteiger partial charge is 0.374 e. The third kappa shape index (κ3) is 6.98. The molecule has 0 atom stereocenters. The molecule has 0 spiro atoms. The van der Waals surface area contributed by atoms with Crippen LogP contribution in [-0.4, -0.2) is 19.1 Å². The van der Waals surface area contributed by atoms with Crippen LogP contribution >= 0.6 is 0 Å². The molecular formula is C21H29N3O. The summed E-state index contributed by atoms with van der Waals surface area (Å²) in [6.07, 6.45) is 0.242. The molecule has 4 nitrogen and oxygen atoms in total. The topological polar surface area (TPSA) is 45.7 Å². The third-order valence-corrected chi connectivity index (χ3v) is 3.80. The molecule has 0 bridgehead atoms. The van der Waals surface area contributed by atoms with Gasteiger partial charge >= 0.3 is 0 Å². The van der Waals surface area contributed by atoms with Gasteiger partial charge in [-0.1, -0.05) is 54.1 Å². The van der Waals surface area contributed by atoms with Crippen molar-refractivity contribution in [2.75, 3.05) is 7.05 Å². The van der Waals surface area contributed by atoms with Crippen LogP contribution in [0.25, 0.3) is 0 Å². The smallest absolute Gasteiger partial charge is 0.191 e. The standard InChI is InChI=1S/C21H29N3O/c1-16(2)25-15-20-10-6-9-19(12-20)14-24-21(22-4)23-13-18-8-5-7-17(3)11-18/h5-12,16H,13-15H2,1-4H3,(H2,22,23,24). The van der Waals surface area contributed by atoms with E-state index < -0.39 is 0 Å². The van der Waals surface area contributed by atoms with E-state index in [1.54, 1.807) is 7.05 Å². The van der Waals surface area contributed by atoms with Crippen molar-refractivity contribution >= 4 is 5.96 Å². The number of guanidine groups is 1. The van der Waals surface area contributed by atoms with Gasteiger partial charge in [-0.2, -0.15) is 0 Å². The second-order valence-electron chi connectivity index (χ2n) is 6.45. The van der Waals surface area contributed by atoms with Crippen molar-refractivity contribution < 1.29 is 4.74 Å². The first kappa shape index (κ1) is 19.0. The van der Waals surface area contributed by atoms with Gasteiger partial charge < -0.3 is 15.4 Å². The van der Waals surface area contributed by atoms with E-state index in [4.69, 9.17) is 4.74 Å². The van der Waals surface area contributed by atoms with Gasteiger partial charge in [0.2, 0.25) is 0 Å². The molecule has 2 N–H and O–H groups in total. The molecule has 0 amide bonds. The summed E-state index contributed by atoms with van der Waals surface area (Å²) in [5, 5.41) is 6.71. The molecule has 0 aromatic heterocycles. The van der Waals surface area contributed by atoms with Crippen LogP contribution in [0.15, 0.2) is 53.5 Å². The van der Waals surface area contributed by atoms with Crippen molar-refractivity contribution in [1.29, 1.82) is 0 Å². The van der Waals surface area contributed by atoms with Gasteiger partial charge in [-0.15, -0.1) is 0 Å². The van der Waals surface area contributed by atoms with Gasteiger partial charge in [-0.25, -0.2) is 0 Å². The van der Waals surface area contributed by atoms with Crippen LogP contribution in [0.3, 0.4) is 0 Å². The second-order valence-corrected chi connectivity index (χ2v) is 6.45. The van der Waals surface area contributed by atoms with Crippen LogP contribution in [0.4, 0.5) is 0 Å². The maximum Gasteiger partial charge on any atom is 0.191 e. The summed E-state index contributed by atoms with van der Waals surface area (Å²) in [5.74, 6) is 0.797. The zero-order valence-electron chi connectivity index (χ0n) is 15.7. The Hall–Kier alpha value is -2.33. The SMILES string of the molecule is CN=C(NCc1cccc(C)c1)NCc1cccc(COC(C)C)c1. The van der Waals surface area contributed by atoms with Gasteiger partial charge in [-0.05, 0) is 37.5 Å². The number of ether oxygens (including phenoxy) is 1. The Kier molecular flexibility index (Phi) is 7.48. The lowest BCUT2D eigenvalue weighted by Gasteiger charge is -2.13. The normalized spacial score (nSPS) is 11.6. The maximum atomic E-state index is 5.67. The fourth-order valence-electron chi connectivity index (χ4n) is 2.51. The molecule has 0 unspecified atom stereocenters. The number of hydrogen-bond acceptors (Lipinski definition) is 2. The minimum atomic E-state index is 0.242. The molecule has 2 rings (SSSR count). The number of aliphatic imine (C=N–C) groups is 1. The lowest BCUT2D eigenvalue weighted by Crippen LogP contribution is -2.36. The molecule has 2 aromatic rings. The van der Waals surface area contributed by atoms with Crippen LogP contribution < -0.4 is 10.6 Å². The first-order valence-corrected chi connectivity index (χ1v) is 8.76. The van der Waals surface area contributed by atoms with Gasteiger partial charge in [0, 0.05) is 20.1 Å². The van der Waals surface area contributed by atoms with Crippen molar-refractivity contribution in [2.45, 2.75) is 46.6 Å². The molecule has 2 aromatic carbocycles. The van der Waals surface area contributed by atoms with Crippen LogP contribution in [0.2, 0.25) is 0 Å². The number of aryl methyl sites for hydroxylation is 1.